The van der Waals surface area contributed by atoms with Gasteiger partial charge in [-0.1, -0.05) is 13.8 Å². The number of anilines is 1. The first-order valence-corrected chi connectivity index (χ1v) is 7.38. The minimum Gasteiger partial charge on any atom is -0.370 e. The van der Waals surface area contributed by atoms with Crippen molar-refractivity contribution in [3.8, 4) is 11.4 Å². The summed E-state index contributed by atoms with van der Waals surface area (Å²) in [5.74, 6) is 1.41. The Labute approximate surface area is 126 Å². The summed E-state index contributed by atoms with van der Waals surface area (Å²) in [5, 5.41) is 3.20. The van der Waals surface area contributed by atoms with Gasteiger partial charge in [0.1, 0.15) is 11.6 Å². The topological polar surface area (TPSA) is 37.8 Å². The van der Waals surface area contributed by atoms with Gasteiger partial charge in [0, 0.05) is 23.9 Å². The molecule has 2 rings (SSSR count). The van der Waals surface area contributed by atoms with Crippen molar-refractivity contribution in [3.05, 3.63) is 40.2 Å². The number of hydrogen-bond donors (Lipinski definition) is 1. The van der Waals surface area contributed by atoms with Crippen LogP contribution in [0.3, 0.4) is 0 Å². The zero-order chi connectivity index (χ0) is 14.7. The number of halogens is 2. The third kappa shape index (κ3) is 3.33. The molecule has 0 aliphatic heterocycles. The molecule has 0 atom stereocenters. The molecule has 5 heteroatoms. The maximum absolute atomic E-state index is 13.3. The van der Waals surface area contributed by atoms with E-state index in [4.69, 9.17) is 0 Å². The van der Waals surface area contributed by atoms with Crippen LogP contribution in [0, 0.1) is 5.82 Å². The fourth-order valence-corrected chi connectivity index (χ4v) is 2.18. The van der Waals surface area contributed by atoms with E-state index in [1.54, 1.807) is 12.1 Å². The molecule has 1 aromatic carbocycles. The highest BCUT2D eigenvalue weighted by Crippen LogP contribution is 2.25. The van der Waals surface area contributed by atoms with E-state index in [0.29, 0.717) is 16.2 Å². The van der Waals surface area contributed by atoms with Crippen molar-refractivity contribution in [1.82, 2.24) is 9.97 Å². The summed E-state index contributed by atoms with van der Waals surface area (Å²) in [5.41, 5.74) is 1.76. The van der Waals surface area contributed by atoms with Crippen molar-refractivity contribution in [2.45, 2.75) is 26.7 Å². The third-order valence-corrected chi connectivity index (χ3v) is 3.48. The molecular formula is C15H17BrFN3. The van der Waals surface area contributed by atoms with Crippen molar-refractivity contribution < 1.29 is 4.39 Å². The van der Waals surface area contributed by atoms with Gasteiger partial charge >= 0.3 is 0 Å². The molecule has 0 spiro atoms. The molecule has 2 aromatic rings. The van der Waals surface area contributed by atoms with E-state index in [9.17, 15) is 4.39 Å². The molecule has 0 aliphatic rings. The Bertz CT molecular complexity index is 614. The fraction of sp³-hybridized carbons (Fsp3) is 0.333. The lowest BCUT2D eigenvalue weighted by atomic mass is 10.1. The molecule has 106 valence electrons. The Balaban J connectivity index is 2.51. The second-order valence-corrected chi connectivity index (χ2v) is 5.67. The second-order valence-electron chi connectivity index (χ2n) is 4.82. The van der Waals surface area contributed by atoms with E-state index in [1.165, 1.54) is 6.07 Å². The van der Waals surface area contributed by atoms with Gasteiger partial charge in [0.2, 0.25) is 0 Å². The summed E-state index contributed by atoms with van der Waals surface area (Å²) in [7, 11) is 0. The minimum atomic E-state index is -0.291. The van der Waals surface area contributed by atoms with E-state index in [0.717, 1.165) is 23.6 Å². The number of nitrogens with one attached hydrogen (secondary N) is 1. The highest BCUT2D eigenvalue weighted by atomic mass is 79.9. The van der Waals surface area contributed by atoms with E-state index in [-0.39, 0.29) is 5.82 Å². The molecule has 0 amide bonds. The molecule has 20 heavy (non-hydrogen) atoms. The summed E-state index contributed by atoms with van der Waals surface area (Å²) in [4.78, 5) is 9.04. The Morgan fingerprint density at radius 2 is 2.00 bits per heavy atom. The molecule has 1 N–H and O–H groups in total. The predicted octanol–water partition coefficient (Wildman–Crippen LogP) is 4.60. The first-order valence-electron chi connectivity index (χ1n) is 6.59. The molecular weight excluding hydrogens is 321 g/mol. The zero-order valence-corrected chi connectivity index (χ0v) is 13.3. The van der Waals surface area contributed by atoms with Crippen LogP contribution in [0.1, 0.15) is 32.4 Å². The Kier molecular flexibility index (Phi) is 4.70. The van der Waals surface area contributed by atoms with Gasteiger partial charge in [-0.3, -0.25) is 0 Å². The lowest BCUT2D eigenvalue weighted by molar-refractivity contribution is 0.621. The van der Waals surface area contributed by atoms with Crippen LogP contribution in [0.15, 0.2) is 28.7 Å². The number of benzene rings is 1. The average molecular weight is 338 g/mol. The number of aromatic nitrogens is 2. The van der Waals surface area contributed by atoms with Gasteiger partial charge in [-0.25, -0.2) is 14.4 Å². The summed E-state index contributed by atoms with van der Waals surface area (Å²) in [6.45, 7) is 6.98. The lowest BCUT2D eigenvalue weighted by Crippen LogP contribution is -2.05. The van der Waals surface area contributed by atoms with E-state index < -0.39 is 0 Å². The van der Waals surface area contributed by atoms with Crippen molar-refractivity contribution in [2.75, 3.05) is 11.9 Å². The molecule has 3 nitrogen and oxygen atoms in total. The van der Waals surface area contributed by atoms with E-state index in [1.807, 2.05) is 13.0 Å². The molecule has 0 saturated heterocycles. The van der Waals surface area contributed by atoms with E-state index >= 15 is 0 Å². The molecule has 1 heterocycles. The average Bonchev–Trinajstić information content (AvgIpc) is 2.42. The molecule has 0 aliphatic carbocycles. The van der Waals surface area contributed by atoms with Gasteiger partial charge in [0.05, 0.1) is 4.47 Å². The standard InChI is InChI=1S/C15H17BrFN3/c1-4-18-14-8-13(9(2)3)19-15(20-14)10-5-6-12(17)11(16)7-10/h5-9H,4H2,1-3H3,(H,18,19,20). The molecule has 0 saturated carbocycles. The quantitative estimate of drug-likeness (QED) is 0.885. The third-order valence-electron chi connectivity index (χ3n) is 2.87. The zero-order valence-electron chi connectivity index (χ0n) is 11.7. The van der Waals surface area contributed by atoms with Gasteiger partial charge in [-0.05, 0) is 47.0 Å². The summed E-state index contributed by atoms with van der Waals surface area (Å²) in [6, 6.07) is 6.76. The van der Waals surface area contributed by atoms with Crippen LogP contribution in [0.2, 0.25) is 0 Å². The SMILES string of the molecule is CCNc1cc(C(C)C)nc(-c2ccc(F)c(Br)c2)n1. The minimum absolute atomic E-state index is 0.291. The summed E-state index contributed by atoms with van der Waals surface area (Å²) < 4.78 is 13.7. The maximum atomic E-state index is 13.3. The van der Waals surface area contributed by atoms with Gasteiger partial charge in [0.15, 0.2) is 5.82 Å². The van der Waals surface area contributed by atoms with Crippen molar-refractivity contribution >= 4 is 21.7 Å². The van der Waals surface area contributed by atoms with Crippen molar-refractivity contribution in [3.63, 3.8) is 0 Å². The van der Waals surface area contributed by atoms with Crippen LogP contribution in [0.25, 0.3) is 11.4 Å². The normalized spacial score (nSPS) is 10.9. The smallest absolute Gasteiger partial charge is 0.161 e. The molecule has 0 bridgehead atoms. The van der Waals surface area contributed by atoms with Crippen LogP contribution in [-0.2, 0) is 0 Å². The Morgan fingerprint density at radius 3 is 2.60 bits per heavy atom. The molecule has 0 unspecified atom stereocenters. The fourth-order valence-electron chi connectivity index (χ4n) is 1.80. The van der Waals surface area contributed by atoms with Crippen LogP contribution >= 0.6 is 15.9 Å². The number of rotatable bonds is 4. The monoisotopic (exact) mass is 337 g/mol. The Morgan fingerprint density at radius 1 is 1.25 bits per heavy atom. The van der Waals surface area contributed by atoms with Gasteiger partial charge in [-0.15, -0.1) is 0 Å². The second kappa shape index (κ2) is 6.31. The maximum Gasteiger partial charge on any atom is 0.161 e. The molecule has 0 fully saturated rings. The number of nitrogens with zero attached hydrogens (tertiary/aromatic N) is 2. The summed E-state index contributed by atoms with van der Waals surface area (Å²) in [6.07, 6.45) is 0. The van der Waals surface area contributed by atoms with Gasteiger partial charge < -0.3 is 5.32 Å². The van der Waals surface area contributed by atoms with E-state index in [2.05, 4.69) is 45.1 Å². The van der Waals surface area contributed by atoms with Crippen LogP contribution < -0.4 is 5.32 Å². The summed E-state index contributed by atoms with van der Waals surface area (Å²) >= 11 is 3.19. The van der Waals surface area contributed by atoms with Crippen molar-refractivity contribution in [1.29, 1.82) is 0 Å². The van der Waals surface area contributed by atoms with Gasteiger partial charge in [-0.2, -0.15) is 0 Å². The Hall–Kier alpha value is -1.49. The van der Waals surface area contributed by atoms with Gasteiger partial charge in [0.25, 0.3) is 0 Å². The van der Waals surface area contributed by atoms with Crippen molar-refractivity contribution in [2.24, 2.45) is 0 Å². The highest BCUT2D eigenvalue weighted by molar-refractivity contribution is 9.10. The predicted molar refractivity (Wildman–Crippen MR) is 83.4 cm³/mol. The lowest BCUT2D eigenvalue weighted by Gasteiger charge is -2.11. The highest BCUT2D eigenvalue weighted by Gasteiger charge is 2.10. The first-order chi connectivity index (χ1) is 9.51. The molecule has 0 radical (unpaired) electrons. The van der Waals surface area contributed by atoms with Crippen LogP contribution in [0.4, 0.5) is 10.2 Å². The largest absolute Gasteiger partial charge is 0.370 e. The van der Waals surface area contributed by atoms with Crippen LogP contribution in [-0.4, -0.2) is 16.5 Å². The first kappa shape index (κ1) is 14.9. The number of hydrogen-bond acceptors (Lipinski definition) is 3. The molecule has 1 aromatic heterocycles. The van der Waals surface area contributed by atoms with Crippen LogP contribution in [0.5, 0.6) is 0 Å².